The summed E-state index contributed by atoms with van der Waals surface area (Å²) in [5.41, 5.74) is 8.83. The second-order valence-corrected chi connectivity index (χ2v) is 5.92. The Labute approximate surface area is 142 Å². The van der Waals surface area contributed by atoms with Crippen molar-refractivity contribution >= 4 is 40.7 Å². The van der Waals surface area contributed by atoms with Crippen molar-refractivity contribution in [1.29, 1.82) is 0 Å². The van der Waals surface area contributed by atoms with E-state index in [-0.39, 0.29) is 0 Å². The molecule has 2 aromatic rings. The first-order valence-electron chi connectivity index (χ1n) is 7.17. The molecule has 0 saturated heterocycles. The van der Waals surface area contributed by atoms with E-state index in [4.69, 9.17) is 18.0 Å². The summed E-state index contributed by atoms with van der Waals surface area (Å²) < 4.78 is 2.11. The maximum Gasteiger partial charge on any atom is 0.152 e. The minimum atomic E-state index is 0.445. The van der Waals surface area contributed by atoms with Crippen molar-refractivity contribution in [3.8, 4) is 11.3 Å². The van der Waals surface area contributed by atoms with Gasteiger partial charge < -0.3 is 5.73 Å². The maximum atomic E-state index is 6.27. The van der Waals surface area contributed by atoms with Crippen LogP contribution in [0.15, 0.2) is 30.3 Å². The first-order valence-corrected chi connectivity index (χ1v) is 8.02. The van der Waals surface area contributed by atoms with E-state index < -0.39 is 0 Å². The van der Waals surface area contributed by atoms with E-state index in [2.05, 4.69) is 36.6 Å². The molecular formula is C15H21N5S2. The van der Waals surface area contributed by atoms with Crippen LogP contribution in [0, 0.1) is 0 Å². The first kappa shape index (κ1) is 16.8. The predicted molar refractivity (Wildman–Crippen MR) is 100 cm³/mol. The zero-order valence-electron chi connectivity index (χ0n) is 13.0. The normalized spacial score (nSPS) is 11.0. The number of rotatable bonds is 5. The lowest BCUT2D eigenvalue weighted by atomic mass is 10.1. The molecular weight excluding hydrogens is 314 g/mol. The van der Waals surface area contributed by atoms with Crippen molar-refractivity contribution in [3.63, 3.8) is 0 Å². The zero-order chi connectivity index (χ0) is 16.3. The summed E-state index contributed by atoms with van der Waals surface area (Å²) in [7, 11) is 1.83. The second kappa shape index (κ2) is 7.13. The molecule has 0 saturated carbocycles. The van der Waals surface area contributed by atoms with Crippen LogP contribution in [-0.4, -0.2) is 32.2 Å². The Balaban J connectivity index is 2.64. The summed E-state index contributed by atoms with van der Waals surface area (Å²) in [5.74, 6) is 0.558. The van der Waals surface area contributed by atoms with Crippen LogP contribution in [0.5, 0.6) is 0 Å². The number of aryl methyl sites for hydroxylation is 1. The molecule has 5 nitrogen and oxygen atoms in total. The Morgan fingerprint density at radius 3 is 2.36 bits per heavy atom. The number of anilines is 2. The summed E-state index contributed by atoms with van der Waals surface area (Å²) in [6.07, 6.45) is 0. The Bertz CT molecular complexity index is 649. The van der Waals surface area contributed by atoms with Gasteiger partial charge in [-0.3, -0.25) is 9.69 Å². The molecule has 0 fully saturated rings. The van der Waals surface area contributed by atoms with E-state index in [1.165, 1.54) is 0 Å². The van der Waals surface area contributed by atoms with Crippen molar-refractivity contribution in [2.75, 3.05) is 23.8 Å². The van der Waals surface area contributed by atoms with Crippen LogP contribution in [0.4, 0.5) is 11.5 Å². The Hall–Kier alpha value is -1.57. The van der Waals surface area contributed by atoms with E-state index in [1.54, 1.807) is 4.68 Å². The van der Waals surface area contributed by atoms with Gasteiger partial charge in [0.15, 0.2) is 4.32 Å². The fourth-order valence-electron chi connectivity index (χ4n) is 2.39. The van der Waals surface area contributed by atoms with Crippen molar-refractivity contribution in [2.45, 2.75) is 13.8 Å². The van der Waals surface area contributed by atoms with Crippen LogP contribution in [0.25, 0.3) is 11.3 Å². The smallest absolute Gasteiger partial charge is 0.152 e. The largest absolute Gasteiger partial charge is 0.382 e. The van der Waals surface area contributed by atoms with Gasteiger partial charge >= 0.3 is 0 Å². The van der Waals surface area contributed by atoms with Crippen molar-refractivity contribution in [2.24, 2.45) is 7.05 Å². The number of aromatic nitrogens is 2. The van der Waals surface area contributed by atoms with Crippen molar-refractivity contribution < 1.29 is 0 Å². The van der Waals surface area contributed by atoms with Gasteiger partial charge in [-0.15, -0.1) is 12.6 Å². The molecule has 0 unspecified atom stereocenters. The van der Waals surface area contributed by atoms with E-state index in [1.807, 2.05) is 42.4 Å². The molecule has 1 aromatic heterocycles. The monoisotopic (exact) mass is 335 g/mol. The first-order chi connectivity index (χ1) is 10.5. The third-order valence-corrected chi connectivity index (χ3v) is 3.88. The van der Waals surface area contributed by atoms with Gasteiger partial charge in [-0.05, 0) is 0 Å². The quantitative estimate of drug-likeness (QED) is 0.500. The van der Waals surface area contributed by atoms with Crippen molar-refractivity contribution in [1.82, 2.24) is 14.8 Å². The molecule has 2 N–H and O–H groups in total. The molecule has 0 aliphatic heterocycles. The summed E-state index contributed by atoms with van der Waals surface area (Å²) in [6.45, 7) is 5.72. The van der Waals surface area contributed by atoms with Gasteiger partial charge in [-0.2, -0.15) is 5.10 Å². The number of nitrogens with two attached hydrogens (primary N) is 1. The van der Waals surface area contributed by atoms with Crippen LogP contribution in [0.3, 0.4) is 0 Å². The van der Waals surface area contributed by atoms with E-state index in [9.17, 15) is 0 Å². The Kier molecular flexibility index (Phi) is 5.44. The number of hydrogen-bond donors (Lipinski definition) is 2. The van der Waals surface area contributed by atoms with Gasteiger partial charge in [-0.1, -0.05) is 56.4 Å². The molecule has 1 aromatic carbocycles. The molecule has 7 heteroatoms. The molecule has 0 aliphatic rings. The Morgan fingerprint density at radius 1 is 1.27 bits per heavy atom. The topological polar surface area (TPSA) is 50.3 Å². The SMILES string of the molecule is CCN(CC)N(C(=S)S)c1c(-c2ccccc2)nn(C)c1N. The molecule has 2 rings (SSSR count). The van der Waals surface area contributed by atoms with Gasteiger partial charge in [0, 0.05) is 25.7 Å². The zero-order valence-corrected chi connectivity index (χ0v) is 14.7. The molecule has 0 radical (unpaired) electrons. The van der Waals surface area contributed by atoms with Gasteiger partial charge in [0.2, 0.25) is 0 Å². The molecule has 1 heterocycles. The minimum absolute atomic E-state index is 0.445. The molecule has 118 valence electrons. The highest BCUT2D eigenvalue weighted by Gasteiger charge is 2.26. The van der Waals surface area contributed by atoms with Crippen LogP contribution >= 0.6 is 24.8 Å². The average molecular weight is 336 g/mol. The van der Waals surface area contributed by atoms with Gasteiger partial charge in [0.1, 0.15) is 17.2 Å². The second-order valence-electron chi connectivity index (χ2n) is 4.81. The number of hydrogen-bond acceptors (Lipinski definition) is 4. The summed E-state index contributed by atoms with van der Waals surface area (Å²) >= 11 is 9.73. The fraction of sp³-hybridized carbons (Fsp3) is 0.333. The van der Waals surface area contributed by atoms with Crippen LogP contribution < -0.4 is 10.7 Å². The highest BCUT2D eigenvalue weighted by molar-refractivity contribution is 8.11. The summed E-state index contributed by atoms with van der Waals surface area (Å²) in [4.78, 5) is 0. The van der Waals surface area contributed by atoms with Crippen LogP contribution in [0.1, 0.15) is 13.8 Å². The number of hydrazine groups is 1. The Morgan fingerprint density at radius 2 is 1.86 bits per heavy atom. The third kappa shape index (κ3) is 3.11. The van der Waals surface area contributed by atoms with Gasteiger partial charge in [0.05, 0.1) is 0 Å². The lowest BCUT2D eigenvalue weighted by Crippen LogP contribution is -2.44. The standard InChI is InChI=1S/C15H21N5S2/c1-4-19(5-2)20(15(21)22)13-12(17-18(3)14(13)16)11-9-7-6-8-10-11/h6-10H,4-5,16H2,1-3H3,(H,21,22). The number of thiocarbonyl (C=S) groups is 1. The number of nitrogens with zero attached hydrogens (tertiary/aromatic N) is 4. The van der Waals surface area contributed by atoms with Crippen LogP contribution in [0.2, 0.25) is 0 Å². The van der Waals surface area contributed by atoms with Crippen LogP contribution in [-0.2, 0) is 7.05 Å². The van der Waals surface area contributed by atoms with E-state index in [0.717, 1.165) is 30.0 Å². The van der Waals surface area contributed by atoms with Crippen molar-refractivity contribution in [3.05, 3.63) is 30.3 Å². The lowest BCUT2D eigenvalue weighted by molar-refractivity contribution is 0.321. The number of benzene rings is 1. The summed E-state index contributed by atoms with van der Waals surface area (Å²) in [6, 6.07) is 9.94. The van der Waals surface area contributed by atoms with E-state index in [0.29, 0.717) is 10.1 Å². The molecule has 0 aliphatic carbocycles. The minimum Gasteiger partial charge on any atom is -0.382 e. The highest BCUT2D eigenvalue weighted by Crippen LogP contribution is 2.36. The molecule has 0 amide bonds. The van der Waals surface area contributed by atoms with Gasteiger partial charge in [-0.25, -0.2) is 5.01 Å². The predicted octanol–water partition coefficient (Wildman–Crippen LogP) is 2.95. The molecule has 0 bridgehead atoms. The average Bonchev–Trinajstić information content (AvgIpc) is 2.81. The fourth-order valence-corrected chi connectivity index (χ4v) is 2.82. The summed E-state index contributed by atoms with van der Waals surface area (Å²) in [5, 5.41) is 8.51. The third-order valence-electron chi connectivity index (χ3n) is 3.52. The number of thiol groups is 1. The lowest BCUT2D eigenvalue weighted by Gasteiger charge is -2.33. The van der Waals surface area contributed by atoms with Gasteiger partial charge in [0.25, 0.3) is 0 Å². The maximum absolute atomic E-state index is 6.27. The number of nitrogen functional groups attached to an aromatic ring is 1. The molecule has 0 spiro atoms. The molecule has 22 heavy (non-hydrogen) atoms. The highest BCUT2D eigenvalue weighted by atomic mass is 32.1. The molecule has 0 atom stereocenters. The van der Waals surface area contributed by atoms with E-state index >= 15 is 0 Å².